The quantitative estimate of drug-likeness (QED) is 0.844. The Morgan fingerprint density at radius 3 is 2.71 bits per heavy atom. The average molecular weight is 374 g/mol. The minimum Gasteiger partial charge on any atom is -0.316 e. The molecule has 0 atom stereocenters. The molecule has 0 saturated heterocycles. The molecule has 0 aliphatic heterocycles. The summed E-state index contributed by atoms with van der Waals surface area (Å²) in [6.45, 7) is 0.220. The van der Waals surface area contributed by atoms with Gasteiger partial charge in [-0.1, -0.05) is 22.0 Å². The van der Waals surface area contributed by atoms with Gasteiger partial charge in [-0.15, -0.1) is 0 Å². The van der Waals surface area contributed by atoms with Crippen molar-refractivity contribution in [2.75, 3.05) is 11.8 Å². The van der Waals surface area contributed by atoms with Crippen molar-refractivity contribution in [3.8, 4) is 0 Å². The van der Waals surface area contributed by atoms with Gasteiger partial charge in [0.05, 0.1) is 0 Å². The molecule has 1 heterocycles. The number of anilines is 1. The van der Waals surface area contributed by atoms with Crippen molar-refractivity contribution >= 4 is 31.8 Å². The van der Waals surface area contributed by atoms with Gasteiger partial charge < -0.3 is 5.32 Å². The van der Waals surface area contributed by atoms with Gasteiger partial charge in [-0.2, -0.15) is 0 Å². The normalized spacial score (nSPS) is 11.4. The number of rotatable bonds is 5. The maximum atomic E-state index is 14.3. The zero-order chi connectivity index (χ0) is 15.5. The summed E-state index contributed by atoms with van der Waals surface area (Å²) in [5.41, 5.74) is 0.258. The monoisotopic (exact) mass is 373 g/mol. The first kappa shape index (κ1) is 15.9. The van der Waals surface area contributed by atoms with E-state index in [0.717, 1.165) is 0 Å². The minimum absolute atomic E-state index is 0.132. The topological polar surface area (TPSA) is 71.1 Å². The van der Waals surface area contributed by atoms with Crippen LogP contribution in [0.25, 0.3) is 0 Å². The number of aromatic nitrogens is 1. The molecule has 8 heteroatoms. The molecule has 0 bridgehead atoms. The fourth-order valence-corrected chi connectivity index (χ4v) is 3.56. The summed E-state index contributed by atoms with van der Waals surface area (Å²) in [7, 11) is -2.40. The Labute approximate surface area is 130 Å². The van der Waals surface area contributed by atoms with Gasteiger partial charge in [0, 0.05) is 22.8 Å². The van der Waals surface area contributed by atoms with Crippen LogP contribution in [0.15, 0.2) is 45.9 Å². The first-order chi connectivity index (χ1) is 9.94. The highest BCUT2D eigenvalue weighted by Crippen LogP contribution is 2.25. The van der Waals surface area contributed by atoms with Gasteiger partial charge in [0.25, 0.3) is 10.0 Å². The van der Waals surface area contributed by atoms with Gasteiger partial charge in [-0.3, -0.25) is 4.72 Å². The molecule has 0 radical (unpaired) electrons. The number of pyridine rings is 1. The lowest BCUT2D eigenvalue weighted by Crippen LogP contribution is -2.17. The van der Waals surface area contributed by atoms with Crippen LogP contribution in [0.2, 0.25) is 0 Å². The molecule has 0 fully saturated rings. The third-order valence-electron chi connectivity index (χ3n) is 2.64. The van der Waals surface area contributed by atoms with Crippen LogP contribution in [0.4, 0.5) is 10.2 Å². The van der Waals surface area contributed by atoms with Crippen LogP contribution < -0.4 is 10.0 Å². The van der Waals surface area contributed by atoms with Crippen LogP contribution in [-0.4, -0.2) is 20.4 Å². The van der Waals surface area contributed by atoms with E-state index in [4.69, 9.17) is 0 Å². The number of benzene rings is 1. The number of hydrogen-bond acceptors (Lipinski definition) is 4. The fourth-order valence-electron chi connectivity index (χ4n) is 1.75. The summed E-state index contributed by atoms with van der Waals surface area (Å²) in [5.74, 6) is -0.650. The van der Waals surface area contributed by atoms with Crippen LogP contribution in [0, 0.1) is 5.82 Å². The largest absolute Gasteiger partial charge is 0.316 e. The molecule has 2 rings (SSSR count). The van der Waals surface area contributed by atoms with Gasteiger partial charge in [-0.05, 0) is 31.3 Å². The number of sulfonamides is 1. The molecule has 2 aromatic rings. The van der Waals surface area contributed by atoms with Crippen molar-refractivity contribution in [3.63, 3.8) is 0 Å². The Kier molecular flexibility index (Phi) is 4.92. The Bertz CT molecular complexity index is 739. The first-order valence-corrected chi connectivity index (χ1v) is 8.28. The Hall–Kier alpha value is -1.51. The second kappa shape index (κ2) is 6.50. The van der Waals surface area contributed by atoms with E-state index in [9.17, 15) is 12.8 Å². The SMILES string of the molecule is CNCc1cc(Br)cc(S(=O)(=O)Nc2ccccn2)c1F. The molecule has 0 amide bonds. The van der Waals surface area contributed by atoms with Crippen molar-refractivity contribution in [1.29, 1.82) is 0 Å². The maximum Gasteiger partial charge on any atom is 0.266 e. The number of nitrogens with one attached hydrogen (secondary N) is 2. The molecule has 1 aromatic carbocycles. The Morgan fingerprint density at radius 2 is 2.10 bits per heavy atom. The molecule has 21 heavy (non-hydrogen) atoms. The van der Waals surface area contributed by atoms with E-state index in [-0.39, 0.29) is 17.9 Å². The zero-order valence-corrected chi connectivity index (χ0v) is 13.5. The Morgan fingerprint density at radius 1 is 1.33 bits per heavy atom. The number of nitrogens with zero attached hydrogens (tertiary/aromatic N) is 1. The molecule has 0 unspecified atom stereocenters. The highest BCUT2D eigenvalue weighted by Gasteiger charge is 2.22. The molecule has 112 valence electrons. The van der Waals surface area contributed by atoms with E-state index in [1.165, 1.54) is 24.4 Å². The number of hydrogen-bond donors (Lipinski definition) is 2. The van der Waals surface area contributed by atoms with E-state index in [1.54, 1.807) is 19.2 Å². The standard InChI is InChI=1S/C13H13BrFN3O2S/c1-16-8-9-6-10(14)7-11(13(9)15)21(19,20)18-12-4-2-3-5-17-12/h2-7,16H,8H2,1H3,(H,17,18). The third kappa shape index (κ3) is 3.78. The molecule has 0 saturated carbocycles. The minimum atomic E-state index is -4.05. The number of halogens is 2. The van der Waals surface area contributed by atoms with Crippen molar-refractivity contribution in [2.45, 2.75) is 11.4 Å². The Balaban J connectivity index is 2.45. The lowest BCUT2D eigenvalue weighted by Gasteiger charge is -2.11. The van der Waals surface area contributed by atoms with E-state index < -0.39 is 20.7 Å². The fraction of sp³-hybridized carbons (Fsp3) is 0.154. The lowest BCUT2D eigenvalue weighted by molar-refractivity contribution is 0.555. The van der Waals surface area contributed by atoms with Gasteiger partial charge in [0.15, 0.2) is 0 Å². The molecule has 0 aliphatic rings. The highest BCUT2D eigenvalue weighted by molar-refractivity contribution is 9.10. The summed E-state index contributed by atoms with van der Waals surface area (Å²) >= 11 is 3.19. The van der Waals surface area contributed by atoms with Gasteiger partial charge in [0.2, 0.25) is 0 Å². The zero-order valence-electron chi connectivity index (χ0n) is 11.1. The summed E-state index contributed by atoms with van der Waals surface area (Å²) in [4.78, 5) is 3.44. The molecular formula is C13H13BrFN3O2S. The highest BCUT2D eigenvalue weighted by atomic mass is 79.9. The molecule has 0 aliphatic carbocycles. The molecule has 1 aromatic heterocycles. The van der Waals surface area contributed by atoms with Crippen LogP contribution >= 0.6 is 15.9 Å². The van der Waals surface area contributed by atoms with E-state index in [0.29, 0.717) is 4.47 Å². The summed E-state index contributed by atoms with van der Waals surface area (Å²) in [5, 5.41) is 2.79. The van der Waals surface area contributed by atoms with Gasteiger partial charge in [0.1, 0.15) is 16.5 Å². The first-order valence-electron chi connectivity index (χ1n) is 6.00. The second-order valence-electron chi connectivity index (χ2n) is 4.23. The average Bonchev–Trinajstić information content (AvgIpc) is 2.43. The van der Waals surface area contributed by atoms with Crippen LogP contribution in [0.5, 0.6) is 0 Å². The second-order valence-corrected chi connectivity index (χ2v) is 6.79. The summed E-state index contributed by atoms with van der Waals surface area (Å²) in [6.07, 6.45) is 1.45. The lowest BCUT2D eigenvalue weighted by atomic mass is 10.2. The summed E-state index contributed by atoms with van der Waals surface area (Å²) in [6, 6.07) is 7.53. The van der Waals surface area contributed by atoms with Crippen molar-refractivity contribution in [2.24, 2.45) is 0 Å². The molecule has 5 nitrogen and oxygen atoms in total. The van der Waals surface area contributed by atoms with Gasteiger partial charge in [-0.25, -0.2) is 17.8 Å². The molecule has 2 N–H and O–H groups in total. The van der Waals surface area contributed by atoms with Crippen LogP contribution in [0.1, 0.15) is 5.56 Å². The van der Waals surface area contributed by atoms with E-state index in [2.05, 4.69) is 31.0 Å². The molecule has 0 spiro atoms. The summed E-state index contributed by atoms with van der Waals surface area (Å²) < 4.78 is 41.7. The van der Waals surface area contributed by atoms with E-state index >= 15 is 0 Å². The van der Waals surface area contributed by atoms with Crippen molar-refractivity contribution in [1.82, 2.24) is 10.3 Å². The van der Waals surface area contributed by atoms with Crippen LogP contribution in [-0.2, 0) is 16.6 Å². The predicted molar refractivity (Wildman–Crippen MR) is 81.9 cm³/mol. The smallest absolute Gasteiger partial charge is 0.266 e. The van der Waals surface area contributed by atoms with Crippen molar-refractivity contribution < 1.29 is 12.8 Å². The van der Waals surface area contributed by atoms with Crippen LogP contribution in [0.3, 0.4) is 0 Å². The maximum absolute atomic E-state index is 14.3. The predicted octanol–water partition coefficient (Wildman–Crippen LogP) is 2.50. The third-order valence-corrected chi connectivity index (χ3v) is 4.45. The van der Waals surface area contributed by atoms with Gasteiger partial charge >= 0.3 is 0 Å². The van der Waals surface area contributed by atoms with E-state index in [1.807, 2.05) is 0 Å². The molecular weight excluding hydrogens is 361 g/mol. The van der Waals surface area contributed by atoms with Crippen molar-refractivity contribution in [3.05, 3.63) is 52.4 Å².